The van der Waals surface area contributed by atoms with E-state index in [1.54, 1.807) is 0 Å². The Bertz CT molecular complexity index is 764. The first-order valence-electron chi connectivity index (χ1n) is 8.35. The van der Waals surface area contributed by atoms with Gasteiger partial charge in [0.2, 0.25) is 11.8 Å². The Morgan fingerprint density at radius 3 is 2.48 bits per heavy atom. The van der Waals surface area contributed by atoms with Gasteiger partial charge in [0.1, 0.15) is 16.7 Å². The topological polar surface area (TPSA) is 58.2 Å². The first-order chi connectivity index (χ1) is 12.6. The van der Waals surface area contributed by atoms with Crippen LogP contribution in [-0.4, -0.2) is 24.5 Å². The fourth-order valence-electron chi connectivity index (χ4n) is 3.49. The summed E-state index contributed by atoms with van der Waals surface area (Å²) < 4.78 is 66.3. The molecule has 2 fully saturated rings. The highest BCUT2D eigenvalue weighted by Crippen LogP contribution is 2.50. The Hall–Kier alpha value is -1.90. The maximum absolute atomic E-state index is 14.4. The number of benzene rings is 1. The number of halogens is 6. The SMILES string of the molecule is O=C1C[C@H](C(=O)N[C@H](c2ccc(F)c(Cl)c2F)C2CC(C(F)(F)F)C2)CN1. The molecule has 2 atom stereocenters. The van der Waals surface area contributed by atoms with Gasteiger partial charge in [-0.25, -0.2) is 8.78 Å². The zero-order valence-corrected chi connectivity index (χ0v) is 14.6. The van der Waals surface area contributed by atoms with Crippen molar-refractivity contribution >= 4 is 23.4 Å². The van der Waals surface area contributed by atoms with E-state index in [0.717, 1.165) is 12.1 Å². The maximum atomic E-state index is 14.4. The zero-order chi connectivity index (χ0) is 19.9. The van der Waals surface area contributed by atoms with Gasteiger partial charge in [-0.15, -0.1) is 0 Å². The Morgan fingerprint density at radius 1 is 1.26 bits per heavy atom. The molecular weight excluding hydrogens is 395 g/mol. The monoisotopic (exact) mass is 410 g/mol. The van der Waals surface area contributed by atoms with Gasteiger partial charge in [-0.2, -0.15) is 13.2 Å². The summed E-state index contributed by atoms with van der Waals surface area (Å²) in [6.45, 7) is 0.0971. The second kappa shape index (κ2) is 7.26. The molecule has 0 aromatic heterocycles. The molecule has 148 valence electrons. The number of amides is 2. The molecule has 1 aliphatic carbocycles. The standard InChI is InChI=1S/C17H16ClF5N2O2/c18-13-11(19)2-1-10(14(13)20)15(7-3-9(4-7)17(21,22)23)25-16(27)8-5-12(26)24-6-8/h1-2,7-9,15H,3-6H2,(H,24,26)(H,25,27)/t7?,8-,9?,15-/m0/s1. The summed E-state index contributed by atoms with van der Waals surface area (Å²) in [6.07, 6.45) is -5.00. The highest BCUT2D eigenvalue weighted by atomic mass is 35.5. The van der Waals surface area contributed by atoms with Gasteiger partial charge in [0, 0.05) is 18.5 Å². The van der Waals surface area contributed by atoms with Crippen molar-refractivity contribution in [1.29, 1.82) is 0 Å². The molecule has 4 nitrogen and oxygen atoms in total. The summed E-state index contributed by atoms with van der Waals surface area (Å²) in [5, 5.41) is 4.24. The third kappa shape index (κ3) is 4.02. The molecule has 2 N–H and O–H groups in total. The summed E-state index contributed by atoms with van der Waals surface area (Å²) in [6, 6.07) is 0.880. The van der Waals surface area contributed by atoms with Gasteiger partial charge in [-0.05, 0) is 24.8 Å². The number of alkyl halides is 3. The lowest BCUT2D eigenvalue weighted by Gasteiger charge is -2.42. The van der Waals surface area contributed by atoms with Crippen LogP contribution >= 0.6 is 11.6 Å². The quantitative estimate of drug-likeness (QED) is 0.589. The van der Waals surface area contributed by atoms with Crippen LogP contribution in [0.4, 0.5) is 22.0 Å². The van der Waals surface area contributed by atoms with Gasteiger partial charge in [-0.3, -0.25) is 9.59 Å². The Balaban J connectivity index is 1.83. The Labute approximate surface area is 156 Å². The molecule has 1 saturated heterocycles. The highest BCUT2D eigenvalue weighted by Gasteiger charge is 2.51. The van der Waals surface area contributed by atoms with Crippen LogP contribution in [0.3, 0.4) is 0 Å². The molecule has 0 radical (unpaired) electrons. The number of hydrogen-bond acceptors (Lipinski definition) is 2. The van der Waals surface area contributed by atoms with Crippen molar-refractivity contribution in [1.82, 2.24) is 10.6 Å². The molecule has 1 heterocycles. The van der Waals surface area contributed by atoms with Crippen LogP contribution < -0.4 is 10.6 Å². The van der Waals surface area contributed by atoms with E-state index in [1.807, 2.05) is 0 Å². The average Bonchev–Trinajstić information content (AvgIpc) is 2.96. The predicted molar refractivity (Wildman–Crippen MR) is 85.6 cm³/mol. The fourth-order valence-corrected chi connectivity index (χ4v) is 3.67. The number of nitrogens with one attached hydrogen (secondary N) is 2. The lowest BCUT2D eigenvalue weighted by Crippen LogP contribution is -2.45. The minimum atomic E-state index is -4.37. The van der Waals surface area contributed by atoms with E-state index < -0.39 is 52.5 Å². The molecule has 2 amide bonds. The predicted octanol–water partition coefficient (Wildman–Crippen LogP) is 3.50. The summed E-state index contributed by atoms with van der Waals surface area (Å²) in [5.41, 5.74) is -0.169. The first kappa shape index (κ1) is 19.9. The molecule has 0 spiro atoms. The van der Waals surface area contributed by atoms with E-state index >= 15 is 0 Å². The average molecular weight is 411 g/mol. The van der Waals surface area contributed by atoms with E-state index in [9.17, 15) is 31.5 Å². The summed E-state index contributed by atoms with van der Waals surface area (Å²) in [5.74, 6) is -5.92. The summed E-state index contributed by atoms with van der Waals surface area (Å²) in [4.78, 5) is 23.7. The third-order valence-corrected chi connectivity index (χ3v) is 5.50. The second-order valence-corrected chi connectivity index (χ2v) is 7.30. The van der Waals surface area contributed by atoms with Crippen molar-refractivity contribution in [3.05, 3.63) is 34.4 Å². The number of carbonyl (C=O) groups excluding carboxylic acids is 2. The lowest BCUT2D eigenvalue weighted by atomic mass is 9.69. The lowest BCUT2D eigenvalue weighted by molar-refractivity contribution is -0.207. The number of rotatable bonds is 4. The molecule has 2 aliphatic rings. The smallest absolute Gasteiger partial charge is 0.355 e. The van der Waals surface area contributed by atoms with Crippen LogP contribution in [0.15, 0.2) is 12.1 Å². The van der Waals surface area contributed by atoms with Crippen molar-refractivity contribution in [3.8, 4) is 0 Å². The minimum Gasteiger partial charge on any atom is -0.355 e. The van der Waals surface area contributed by atoms with Crippen molar-refractivity contribution in [2.24, 2.45) is 17.8 Å². The van der Waals surface area contributed by atoms with Crippen LogP contribution in [0.5, 0.6) is 0 Å². The van der Waals surface area contributed by atoms with Crippen LogP contribution in [0, 0.1) is 29.4 Å². The molecule has 1 aromatic rings. The summed E-state index contributed by atoms with van der Waals surface area (Å²) >= 11 is 5.58. The highest BCUT2D eigenvalue weighted by molar-refractivity contribution is 6.31. The Morgan fingerprint density at radius 2 is 1.93 bits per heavy atom. The second-order valence-electron chi connectivity index (χ2n) is 6.93. The van der Waals surface area contributed by atoms with Crippen molar-refractivity contribution < 1.29 is 31.5 Å². The van der Waals surface area contributed by atoms with Crippen LogP contribution in [0.2, 0.25) is 5.02 Å². The fraction of sp³-hybridized carbons (Fsp3) is 0.529. The molecular formula is C17H16ClF5N2O2. The van der Waals surface area contributed by atoms with E-state index in [1.165, 1.54) is 0 Å². The molecule has 3 rings (SSSR count). The van der Waals surface area contributed by atoms with E-state index in [-0.39, 0.29) is 37.3 Å². The first-order valence-corrected chi connectivity index (χ1v) is 8.73. The number of hydrogen-bond donors (Lipinski definition) is 2. The van der Waals surface area contributed by atoms with Crippen molar-refractivity contribution in [2.75, 3.05) is 6.54 Å². The van der Waals surface area contributed by atoms with Gasteiger partial charge < -0.3 is 10.6 Å². The van der Waals surface area contributed by atoms with Crippen molar-refractivity contribution in [3.63, 3.8) is 0 Å². The maximum Gasteiger partial charge on any atom is 0.391 e. The van der Waals surface area contributed by atoms with E-state index in [4.69, 9.17) is 11.6 Å². The van der Waals surface area contributed by atoms with Gasteiger partial charge in [0.05, 0.1) is 17.9 Å². The minimum absolute atomic E-state index is 0.0545. The zero-order valence-electron chi connectivity index (χ0n) is 13.9. The number of carbonyl (C=O) groups is 2. The van der Waals surface area contributed by atoms with E-state index in [2.05, 4.69) is 10.6 Å². The van der Waals surface area contributed by atoms with Gasteiger partial charge in [0.15, 0.2) is 0 Å². The van der Waals surface area contributed by atoms with Crippen LogP contribution in [0.1, 0.15) is 30.9 Å². The molecule has 0 bridgehead atoms. The largest absolute Gasteiger partial charge is 0.391 e. The van der Waals surface area contributed by atoms with Crippen molar-refractivity contribution in [2.45, 2.75) is 31.5 Å². The molecule has 0 unspecified atom stereocenters. The molecule has 27 heavy (non-hydrogen) atoms. The molecule has 1 aliphatic heterocycles. The molecule has 1 aromatic carbocycles. The van der Waals surface area contributed by atoms with Gasteiger partial charge >= 0.3 is 6.18 Å². The normalized spacial score (nSPS) is 26.3. The molecule has 10 heteroatoms. The Kier molecular flexibility index (Phi) is 5.33. The summed E-state index contributed by atoms with van der Waals surface area (Å²) in [7, 11) is 0. The van der Waals surface area contributed by atoms with Crippen LogP contribution in [0.25, 0.3) is 0 Å². The molecule has 1 saturated carbocycles. The third-order valence-electron chi connectivity index (χ3n) is 5.15. The van der Waals surface area contributed by atoms with Gasteiger partial charge in [-0.1, -0.05) is 17.7 Å². The van der Waals surface area contributed by atoms with E-state index in [0.29, 0.717) is 0 Å². The van der Waals surface area contributed by atoms with Gasteiger partial charge in [0.25, 0.3) is 0 Å². The van der Waals surface area contributed by atoms with Crippen LogP contribution in [-0.2, 0) is 9.59 Å².